The normalized spacial score (nSPS) is 10.6. The molecular formula is C17H22N4O4. The van der Waals surface area contributed by atoms with Gasteiger partial charge in [-0.2, -0.15) is 5.10 Å². The summed E-state index contributed by atoms with van der Waals surface area (Å²) in [5.41, 5.74) is 1.03. The summed E-state index contributed by atoms with van der Waals surface area (Å²) >= 11 is 0. The van der Waals surface area contributed by atoms with Crippen LogP contribution in [0.3, 0.4) is 0 Å². The molecule has 1 aromatic carbocycles. The van der Waals surface area contributed by atoms with Gasteiger partial charge in [-0.15, -0.1) is 0 Å². The van der Waals surface area contributed by atoms with Crippen molar-refractivity contribution >= 4 is 11.6 Å². The van der Waals surface area contributed by atoms with Crippen LogP contribution in [0, 0.1) is 17.0 Å². The molecule has 0 atom stereocenters. The zero-order valence-corrected chi connectivity index (χ0v) is 14.4. The molecule has 0 saturated carbocycles. The number of carbonyl (C=O) groups is 1. The van der Waals surface area contributed by atoms with Crippen molar-refractivity contribution in [3.8, 4) is 0 Å². The molecule has 0 radical (unpaired) electrons. The number of nitrogens with one attached hydrogen (secondary N) is 1. The maximum atomic E-state index is 12.7. The number of hydrogen-bond acceptors (Lipinski definition) is 5. The monoisotopic (exact) mass is 346 g/mol. The second-order valence-corrected chi connectivity index (χ2v) is 5.68. The molecule has 1 amide bonds. The number of hydrogen-bond donors (Lipinski definition) is 1. The van der Waals surface area contributed by atoms with Gasteiger partial charge in [-0.3, -0.25) is 20.0 Å². The summed E-state index contributed by atoms with van der Waals surface area (Å²) in [4.78, 5) is 24.9. The molecule has 0 aliphatic carbocycles. The van der Waals surface area contributed by atoms with Crippen molar-refractivity contribution in [1.82, 2.24) is 15.1 Å². The average molecular weight is 346 g/mol. The number of aromatic nitrogens is 2. The van der Waals surface area contributed by atoms with E-state index in [1.807, 2.05) is 30.3 Å². The van der Waals surface area contributed by atoms with Crippen LogP contribution in [0.1, 0.15) is 28.2 Å². The first kappa shape index (κ1) is 18.6. The van der Waals surface area contributed by atoms with Crippen molar-refractivity contribution in [2.45, 2.75) is 19.8 Å². The Labute approximate surface area is 145 Å². The third kappa shape index (κ3) is 4.87. The summed E-state index contributed by atoms with van der Waals surface area (Å²) in [7, 11) is 1.55. The molecule has 0 saturated heterocycles. The van der Waals surface area contributed by atoms with E-state index in [-0.39, 0.29) is 17.1 Å². The number of amides is 1. The fourth-order valence-corrected chi connectivity index (χ4v) is 2.58. The Morgan fingerprint density at radius 2 is 2.04 bits per heavy atom. The van der Waals surface area contributed by atoms with Gasteiger partial charge in [0, 0.05) is 20.2 Å². The highest BCUT2D eigenvalue weighted by atomic mass is 16.6. The molecular weight excluding hydrogens is 324 g/mol. The Morgan fingerprint density at radius 3 is 2.68 bits per heavy atom. The van der Waals surface area contributed by atoms with Gasteiger partial charge in [-0.25, -0.2) is 0 Å². The molecule has 0 bridgehead atoms. The van der Waals surface area contributed by atoms with Crippen LogP contribution >= 0.6 is 0 Å². The second kappa shape index (κ2) is 8.93. The van der Waals surface area contributed by atoms with E-state index in [0.29, 0.717) is 19.7 Å². The number of methoxy groups -OCH3 is 1. The zero-order chi connectivity index (χ0) is 18.2. The van der Waals surface area contributed by atoms with Gasteiger partial charge in [0.15, 0.2) is 0 Å². The van der Waals surface area contributed by atoms with Crippen LogP contribution < -0.4 is 0 Å². The molecule has 0 aliphatic heterocycles. The molecule has 0 unspecified atom stereocenters. The molecule has 2 aromatic rings. The maximum absolute atomic E-state index is 12.7. The standard InChI is InChI=1S/C17H22N4O4/c1-13-16(21(23)24)15(19-18-13)17(22)20(11-12-25-2)10-6-9-14-7-4-3-5-8-14/h3-5,7-8H,6,9-12H2,1-2H3,(H,18,19). The lowest BCUT2D eigenvalue weighted by atomic mass is 10.1. The van der Waals surface area contributed by atoms with E-state index in [1.165, 1.54) is 12.5 Å². The topological polar surface area (TPSA) is 101 Å². The molecule has 0 spiro atoms. The van der Waals surface area contributed by atoms with Crippen molar-refractivity contribution in [3.63, 3.8) is 0 Å². The van der Waals surface area contributed by atoms with Gasteiger partial charge in [-0.1, -0.05) is 30.3 Å². The maximum Gasteiger partial charge on any atom is 0.322 e. The Morgan fingerprint density at radius 1 is 1.32 bits per heavy atom. The minimum Gasteiger partial charge on any atom is -0.383 e. The summed E-state index contributed by atoms with van der Waals surface area (Å²) in [5, 5.41) is 17.5. The molecule has 1 heterocycles. The number of H-pyrrole nitrogens is 1. The van der Waals surface area contributed by atoms with E-state index in [4.69, 9.17) is 4.74 Å². The Balaban J connectivity index is 2.08. The molecule has 0 aliphatic rings. The highest BCUT2D eigenvalue weighted by molar-refractivity contribution is 5.96. The van der Waals surface area contributed by atoms with Crippen LogP contribution in [0.5, 0.6) is 0 Å². The summed E-state index contributed by atoms with van der Waals surface area (Å²) < 4.78 is 5.05. The Bertz CT molecular complexity index is 715. The number of nitrogens with zero attached hydrogens (tertiary/aromatic N) is 3. The van der Waals surface area contributed by atoms with Crippen LogP contribution in [0.25, 0.3) is 0 Å². The van der Waals surface area contributed by atoms with Gasteiger partial charge in [-0.05, 0) is 25.3 Å². The highest BCUT2D eigenvalue weighted by Gasteiger charge is 2.30. The lowest BCUT2D eigenvalue weighted by Crippen LogP contribution is -2.35. The third-order valence-corrected chi connectivity index (χ3v) is 3.89. The van der Waals surface area contributed by atoms with Crippen LogP contribution in [0.2, 0.25) is 0 Å². The SMILES string of the molecule is COCCN(CCCc1ccccc1)C(=O)c1n[nH]c(C)c1[N+](=O)[O-]. The summed E-state index contributed by atoms with van der Waals surface area (Å²) in [6.07, 6.45) is 1.57. The lowest BCUT2D eigenvalue weighted by molar-refractivity contribution is -0.385. The molecule has 1 aromatic heterocycles. The fourth-order valence-electron chi connectivity index (χ4n) is 2.58. The number of carbonyl (C=O) groups excluding carboxylic acids is 1. The first-order chi connectivity index (χ1) is 12.0. The van der Waals surface area contributed by atoms with E-state index in [0.717, 1.165) is 12.8 Å². The summed E-state index contributed by atoms with van der Waals surface area (Å²) in [5.74, 6) is -0.457. The molecule has 8 heteroatoms. The number of ether oxygens (including phenoxy) is 1. The van der Waals surface area contributed by atoms with Gasteiger partial charge in [0.1, 0.15) is 5.69 Å². The largest absolute Gasteiger partial charge is 0.383 e. The first-order valence-corrected chi connectivity index (χ1v) is 8.06. The Hall–Kier alpha value is -2.74. The van der Waals surface area contributed by atoms with Crippen molar-refractivity contribution in [3.05, 3.63) is 57.4 Å². The third-order valence-electron chi connectivity index (χ3n) is 3.89. The van der Waals surface area contributed by atoms with Crippen LogP contribution in [0.4, 0.5) is 5.69 Å². The first-order valence-electron chi connectivity index (χ1n) is 8.06. The van der Waals surface area contributed by atoms with Gasteiger partial charge in [0.05, 0.1) is 11.5 Å². The van der Waals surface area contributed by atoms with Gasteiger partial charge in [0.2, 0.25) is 5.69 Å². The summed E-state index contributed by atoms with van der Waals surface area (Å²) in [6.45, 7) is 2.71. The molecule has 8 nitrogen and oxygen atoms in total. The number of aryl methyl sites for hydroxylation is 2. The van der Waals surface area contributed by atoms with Crippen molar-refractivity contribution < 1.29 is 14.5 Å². The molecule has 2 rings (SSSR count). The fraction of sp³-hybridized carbons (Fsp3) is 0.412. The second-order valence-electron chi connectivity index (χ2n) is 5.68. The molecule has 1 N–H and O–H groups in total. The average Bonchev–Trinajstić information content (AvgIpc) is 3.00. The van der Waals surface area contributed by atoms with Gasteiger partial charge >= 0.3 is 5.69 Å². The molecule has 0 fully saturated rings. The van der Waals surface area contributed by atoms with Crippen LogP contribution in [0.15, 0.2) is 30.3 Å². The van der Waals surface area contributed by atoms with Crippen molar-refractivity contribution in [2.75, 3.05) is 26.8 Å². The number of aromatic amines is 1. The van der Waals surface area contributed by atoms with E-state index >= 15 is 0 Å². The summed E-state index contributed by atoms with van der Waals surface area (Å²) in [6, 6.07) is 9.96. The number of benzene rings is 1. The van der Waals surface area contributed by atoms with E-state index in [2.05, 4.69) is 10.2 Å². The van der Waals surface area contributed by atoms with Gasteiger partial charge in [0.25, 0.3) is 5.91 Å². The predicted molar refractivity (Wildman–Crippen MR) is 92.5 cm³/mol. The van der Waals surface area contributed by atoms with E-state index in [9.17, 15) is 14.9 Å². The van der Waals surface area contributed by atoms with E-state index < -0.39 is 10.8 Å². The quantitative estimate of drug-likeness (QED) is 0.555. The van der Waals surface area contributed by atoms with Crippen molar-refractivity contribution in [1.29, 1.82) is 0 Å². The van der Waals surface area contributed by atoms with E-state index in [1.54, 1.807) is 12.0 Å². The molecule has 25 heavy (non-hydrogen) atoms. The Kier molecular flexibility index (Phi) is 6.64. The van der Waals surface area contributed by atoms with Crippen LogP contribution in [-0.2, 0) is 11.2 Å². The minimum absolute atomic E-state index is 0.154. The van der Waals surface area contributed by atoms with Crippen molar-refractivity contribution in [2.24, 2.45) is 0 Å². The van der Waals surface area contributed by atoms with Crippen LogP contribution in [-0.4, -0.2) is 52.7 Å². The van der Waals surface area contributed by atoms with Gasteiger partial charge < -0.3 is 9.64 Å². The zero-order valence-electron chi connectivity index (χ0n) is 14.4. The smallest absolute Gasteiger partial charge is 0.322 e. The molecule has 134 valence electrons. The minimum atomic E-state index is -0.579. The lowest BCUT2D eigenvalue weighted by Gasteiger charge is -2.21. The highest BCUT2D eigenvalue weighted by Crippen LogP contribution is 2.21. The number of nitro groups is 1. The number of rotatable bonds is 9. The predicted octanol–water partition coefficient (Wildman–Crippen LogP) is 2.35.